The minimum absolute atomic E-state index is 0.0183. The fourth-order valence-electron chi connectivity index (χ4n) is 3.68. The van der Waals surface area contributed by atoms with Crippen LogP contribution in [0.25, 0.3) is 5.65 Å². The van der Waals surface area contributed by atoms with Gasteiger partial charge in [0.1, 0.15) is 11.5 Å². The van der Waals surface area contributed by atoms with Gasteiger partial charge in [0.2, 0.25) is 0 Å². The molecular formula is C19H20FN5O. The number of fused-ring (bicyclic) bond motifs is 1. The number of imidazole rings is 1. The Bertz CT molecular complexity index is 1020. The van der Waals surface area contributed by atoms with E-state index in [0.29, 0.717) is 18.4 Å². The molecule has 1 saturated carbocycles. The highest BCUT2D eigenvalue weighted by Gasteiger charge is 2.29. The molecule has 1 aliphatic carbocycles. The van der Waals surface area contributed by atoms with E-state index >= 15 is 0 Å². The number of likely N-dealkylation sites (tertiary alicyclic amines) is 1. The van der Waals surface area contributed by atoms with Crippen LogP contribution in [0.3, 0.4) is 0 Å². The first kappa shape index (κ1) is 15.7. The van der Waals surface area contributed by atoms with E-state index in [1.54, 1.807) is 21.2 Å². The highest BCUT2D eigenvalue weighted by Crippen LogP contribution is 2.38. The zero-order valence-corrected chi connectivity index (χ0v) is 14.4. The third-order valence-corrected chi connectivity index (χ3v) is 5.20. The van der Waals surface area contributed by atoms with E-state index in [0.717, 1.165) is 36.7 Å². The maximum absolute atomic E-state index is 13.3. The molecule has 4 heterocycles. The number of pyridine rings is 1. The molecule has 26 heavy (non-hydrogen) atoms. The van der Waals surface area contributed by atoms with Crippen molar-refractivity contribution in [1.82, 2.24) is 24.1 Å². The first-order valence-electron chi connectivity index (χ1n) is 9.07. The van der Waals surface area contributed by atoms with Crippen LogP contribution in [0.5, 0.6) is 0 Å². The summed E-state index contributed by atoms with van der Waals surface area (Å²) in [5.74, 6) is 0.723. The summed E-state index contributed by atoms with van der Waals surface area (Å²) in [6.45, 7) is 3.25. The van der Waals surface area contributed by atoms with Crippen molar-refractivity contribution in [3.8, 4) is 0 Å². The SMILES string of the molecule is O=c1ccc(C2CC2)nn1CC1CN(Cc2cn3cc(F)ccc3n2)C1. The fourth-order valence-corrected chi connectivity index (χ4v) is 3.68. The molecular weight excluding hydrogens is 333 g/mol. The van der Waals surface area contributed by atoms with E-state index in [9.17, 15) is 9.18 Å². The van der Waals surface area contributed by atoms with Gasteiger partial charge < -0.3 is 4.40 Å². The quantitative estimate of drug-likeness (QED) is 0.704. The molecule has 0 radical (unpaired) electrons. The summed E-state index contributed by atoms with van der Waals surface area (Å²) in [5.41, 5.74) is 2.72. The van der Waals surface area contributed by atoms with Gasteiger partial charge in [0, 0.05) is 49.9 Å². The highest BCUT2D eigenvalue weighted by atomic mass is 19.1. The van der Waals surface area contributed by atoms with E-state index in [2.05, 4.69) is 15.0 Å². The Hall–Kier alpha value is -2.54. The maximum atomic E-state index is 13.3. The van der Waals surface area contributed by atoms with Crippen LogP contribution < -0.4 is 5.56 Å². The smallest absolute Gasteiger partial charge is 0.266 e. The topological polar surface area (TPSA) is 55.4 Å². The highest BCUT2D eigenvalue weighted by molar-refractivity contribution is 5.39. The molecule has 0 amide bonds. The van der Waals surface area contributed by atoms with Gasteiger partial charge in [-0.25, -0.2) is 14.1 Å². The zero-order chi connectivity index (χ0) is 17.7. The van der Waals surface area contributed by atoms with Gasteiger partial charge in [-0.2, -0.15) is 5.10 Å². The Morgan fingerprint density at radius 2 is 1.96 bits per heavy atom. The summed E-state index contributed by atoms with van der Waals surface area (Å²) in [4.78, 5) is 18.8. The molecule has 0 unspecified atom stereocenters. The predicted octanol–water partition coefficient (Wildman–Crippen LogP) is 2.04. The molecule has 6 nitrogen and oxygen atoms in total. The number of aromatic nitrogens is 4. The van der Waals surface area contributed by atoms with Gasteiger partial charge in [-0.15, -0.1) is 0 Å². The van der Waals surface area contributed by atoms with Crippen LogP contribution in [-0.2, 0) is 13.1 Å². The minimum atomic E-state index is -0.267. The van der Waals surface area contributed by atoms with Crippen LogP contribution in [0.15, 0.2) is 41.5 Å². The van der Waals surface area contributed by atoms with Gasteiger partial charge in [-0.1, -0.05) is 0 Å². The van der Waals surface area contributed by atoms with Crippen LogP contribution in [0.2, 0.25) is 0 Å². The van der Waals surface area contributed by atoms with Crippen molar-refractivity contribution in [3.05, 3.63) is 64.2 Å². The normalized spacial score (nSPS) is 18.3. The lowest BCUT2D eigenvalue weighted by Crippen LogP contribution is -2.49. The van der Waals surface area contributed by atoms with Crippen LogP contribution in [0.1, 0.15) is 30.1 Å². The maximum Gasteiger partial charge on any atom is 0.266 e. The van der Waals surface area contributed by atoms with Crippen molar-refractivity contribution in [3.63, 3.8) is 0 Å². The van der Waals surface area contributed by atoms with Crippen molar-refractivity contribution in [1.29, 1.82) is 0 Å². The molecule has 0 aromatic carbocycles. The first-order chi connectivity index (χ1) is 12.6. The monoisotopic (exact) mass is 353 g/mol. The summed E-state index contributed by atoms with van der Waals surface area (Å²) in [7, 11) is 0. The van der Waals surface area contributed by atoms with Gasteiger partial charge in [-0.3, -0.25) is 9.69 Å². The zero-order valence-electron chi connectivity index (χ0n) is 14.4. The summed E-state index contributed by atoms with van der Waals surface area (Å²) in [6.07, 6.45) is 5.68. The Morgan fingerprint density at radius 1 is 1.12 bits per heavy atom. The summed E-state index contributed by atoms with van der Waals surface area (Å²) >= 11 is 0. The predicted molar refractivity (Wildman–Crippen MR) is 94.4 cm³/mol. The number of hydrogen-bond donors (Lipinski definition) is 0. The summed E-state index contributed by atoms with van der Waals surface area (Å²) < 4.78 is 16.6. The molecule has 7 heteroatoms. The van der Waals surface area contributed by atoms with Crippen LogP contribution in [0, 0.1) is 11.7 Å². The molecule has 0 bridgehead atoms. The van der Waals surface area contributed by atoms with E-state index < -0.39 is 0 Å². The molecule has 134 valence electrons. The molecule has 2 fully saturated rings. The summed E-state index contributed by atoms with van der Waals surface area (Å²) in [5, 5.41) is 4.54. The standard InChI is InChI=1S/C19H20FN5O/c20-15-3-5-18-21-16(12-24(18)10-15)11-23-7-13(8-23)9-25-19(26)6-4-17(22-25)14-1-2-14/h3-6,10,12-14H,1-2,7-9,11H2. The Labute approximate surface area is 149 Å². The molecule has 0 atom stereocenters. The van der Waals surface area contributed by atoms with E-state index in [-0.39, 0.29) is 11.4 Å². The Balaban J connectivity index is 1.21. The van der Waals surface area contributed by atoms with Crippen molar-refractivity contribution in [2.45, 2.75) is 31.8 Å². The van der Waals surface area contributed by atoms with Crippen LogP contribution in [0.4, 0.5) is 4.39 Å². The van der Waals surface area contributed by atoms with Crippen molar-refractivity contribution >= 4 is 5.65 Å². The number of halogens is 1. The third-order valence-electron chi connectivity index (χ3n) is 5.20. The lowest BCUT2D eigenvalue weighted by atomic mass is 10.00. The van der Waals surface area contributed by atoms with E-state index in [1.807, 2.05) is 12.3 Å². The molecule has 3 aromatic rings. The number of rotatable bonds is 5. The molecule has 0 N–H and O–H groups in total. The first-order valence-corrected chi connectivity index (χ1v) is 9.07. The molecule has 1 aliphatic heterocycles. The minimum Gasteiger partial charge on any atom is -0.304 e. The molecule has 0 spiro atoms. The molecule has 3 aromatic heterocycles. The largest absolute Gasteiger partial charge is 0.304 e. The Morgan fingerprint density at radius 3 is 2.77 bits per heavy atom. The second kappa shape index (κ2) is 6.02. The van der Waals surface area contributed by atoms with Crippen molar-refractivity contribution in [2.75, 3.05) is 13.1 Å². The van der Waals surface area contributed by atoms with Gasteiger partial charge >= 0.3 is 0 Å². The third kappa shape index (κ3) is 3.03. The molecule has 2 aliphatic rings. The van der Waals surface area contributed by atoms with Gasteiger partial charge in [0.15, 0.2) is 0 Å². The second-order valence-corrected chi connectivity index (χ2v) is 7.46. The molecule has 5 rings (SSSR count). The second-order valence-electron chi connectivity index (χ2n) is 7.46. The number of nitrogens with zero attached hydrogens (tertiary/aromatic N) is 5. The molecule has 1 saturated heterocycles. The number of hydrogen-bond acceptors (Lipinski definition) is 4. The van der Waals surface area contributed by atoms with E-state index in [4.69, 9.17) is 0 Å². The lowest BCUT2D eigenvalue weighted by molar-refractivity contribution is 0.0754. The van der Waals surface area contributed by atoms with Gasteiger partial charge in [-0.05, 0) is 31.0 Å². The lowest BCUT2D eigenvalue weighted by Gasteiger charge is -2.38. The van der Waals surface area contributed by atoms with E-state index in [1.165, 1.54) is 25.1 Å². The fraction of sp³-hybridized carbons (Fsp3) is 0.421. The average Bonchev–Trinajstić information content (AvgIpc) is 3.35. The van der Waals surface area contributed by atoms with Gasteiger partial charge in [0.25, 0.3) is 5.56 Å². The average molecular weight is 353 g/mol. The Kier molecular flexibility index (Phi) is 3.63. The van der Waals surface area contributed by atoms with Crippen molar-refractivity contribution in [2.24, 2.45) is 5.92 Å². The van der Waals surface area contributed by atoms with Gasteiger partial charge in [0.05, 0.1) is 17.9 Å². The van der Waals surface area contributed by atoms with Crippen molar-refractivity contribution < 1.29 is 4.39 Å². The summed E-state index contributed by atoms with van der Waals surface area (Å²) in [6, 6.07) is 6.62. The van der Waals surface area contributed by atoms with Crippen LogP contribution >= 0.6 is 0 Å². The van der Waals surface area contributed by atoms with Crippen LogP contribution in [-0.4, -0.2) is 37.2 Å².